The van der Waals surface area contributed by atoms with Crippen LogP contribution in [0.25, 0.3) is 0 Å². The Morgan fingerprint density at radius 1 is 0.812 bits per heavy atom. The van der Waals surface area contributed by atoms with Crippen LogP contribution in [0.1, 0.15) is 35.6 Å². The van der Waals surface area contributed by atoms with Crippen LogP contribution in [-0.4, -0.2) is 29.3 Å². The molecule has 0 bridgehead atoms. The molecule has 2 amide bonds. The summed E-state index contributed by atoms with van der Waals surface area (Å²) in [6.07, 6.45) is 1.49. The van der Waals surface area contributed by atoms with Crippen LogP contribution in [0.3, 0.4) is 0 Å². The van der Waals surface area contributed by atoms with Crippen molar-refractivity contribution in [2.45, 2.75) is 45.7 Å². The molecule has 1 atom stereocenters. The SMILES string of the molecule is CCNC(=O)[C@@H](Cc1ccccc1)N(Cc1ccccc1)C(=O)CCc1ccc(C)cc1. The van der Waals surface area contributed by atoms with Gasteiger partial charge in [-0.15, -0.1) is 0 Å². The molecule has 4 heteroatoms. The van der Waals surface area contributed by atoms with Gasteiger partial charge in [0.1, 0.15) is 6.04 Å². The van der Waals surface area contributed by atoms with Crippen LogP contribution in [0.5, 0.6) is 0 Å². The smallest absolute Gasteiger partial charge is 0.243 e. The molecule has 0 aliphatic heterocycles. The van der Waals surface area contributed by atoms with Crippen molar-refractivity contribution in [2.24, 2.45) is 0 Å². The fourth-order valence-electron chi connectivity index (χ4n) is 3.78. The summed E-state index contributed by atoms with van der Waals surface area (Å²) >= 11 is 0. The van der Waals surface area contributed by atoms with Gasteiger partial charge in [-0.1, -0.05) is 90.5 Å². The van der Waals surface area contributed by atoms with Crippen molar-refractivity contribution in [2.75, 3.05) is 6.54 Å². The molecule has 166 valence electrons. The Kier molecular flexibility index (Phi) is 8.61. The van der Waals surface area contributed by atoms with Crippen molar-refractivity contribution in [3.8, 4) is 0 Å². The molecule has 3 aromatic carbocycles. The van der Waals surface area contributed by atoms with E-state index in [2.05, 4.69) is 36.5 Å². The molecule has 0 saturated heterocycles. The molecule has 4 nitrogen and oxygen atoms in total. The van der Waals surface area contributed by atoms with Crippen molar-refractivity contribution < 1.29 is 9.59 Å². The average molecular weight is 429 g/mol. The number of hydrogen-bond acceptors (Lipinski definition) is 2. The van der Waals surface area contributed by atoms with Gasteiger partial charge in [0.15, 0.2) is 0 Å². The zero-order valence-electron chi connectivity index (χ0n) is 19.0. The molecule has 0 aromatic heterocycles. The largest absolute Gasteiger partial charge is 0.355 e. The molecule has 0 unspecified atom stereocenters. The lowest BCUT2D eigenvalue weighted by Gasteiger charge is -2.31. The standard InChI is InChI=1S/C28H32N2O2/c1-3-29-28(32)26(20-24-10-6-4-7-11-24)30(21-25-12-8-5-9-13-25)27(31)19-18-23-16-14-22(2)15-17-23/h4-17,26H,3,18-21H2,1-2H3,(H,29,32)/t26-/m1/s1. The number of aryl methyl sites for hydroxylation is 2. The van der Waals surface area contributed by atoms with E-state index in [-0.39, 0.29) is 11.8 Å². The number of rotatable bonds is 10. The second-order valence-corrected chi connectivity index (χ2v) is 8.09. The number of amides is 2. The Hall–Kier alpha value is -3.40. The van der Waals surface area contributed by atoms with Crippen LogP contribution in [0.15, 0.2) is 84.9 Å². The molecule has 1 N–H and O–H groups in total. The van der Waals surface area contributed by atoms with Crippen LogP contribution in [0, 0.1) is 6.92 Å². The highest BCUT2D eigenvalue weighted by Gasteiger charge is 2.29. The van der Waals surface area contributed by atoms with Gasteiger partial charge in [0, 0.05) is 25.9 Å². The van der Waals surface area contributed by atoms with Crippen LogP contribution < -0.4 is 5.32 Å². The molecule has 3 aromatic rings. The molecular weight excluding hydrogens is 396 g/mol. The van der Waals surface area contributed by atoms with Crippen LogP contribution in [0.2, 0.25) is 0 Å². The minimum atomic E-state index is -0.567. The molecule has 32 heavy (non-hydrogen) atoms. The fraction of sp³-hybridized carbons (Fsp3) is 0.286. The van der Waals surface area contributed by atoms with Gasteiger partial charge in [0.25, 0.3) is 0 Å². The van der Waals surface area contributed by atoms with E-state index in [1.165, 1.54) is 5.56 Å². The van der Waals surface area contributed by atoms with Crippen molar-refractivity contribution >= 4 is 11.8 Å². The molecule has 0 heterocycles. The van der Waals surface area contributed by atoms with Crippen molar-refractivity contribution in [1.82, 2.24) is 10.2 Å². The summed E-state index contributed by atoms with van der Waals surface area (Å²) in [6, 6.07) is 27.5. The average Bonchev–Trinajstić information content (AvgIpc) is 2.82. The lowest BCUT2D eigenvalue weighted by atomic mass is 10.0. The van der Waals surface area contributed by atoms with Gasteiger partial charge in [-0.2, -0.15) is 0 Å². The molecule has 0 spiro atoms. The maximum absolute atomic E-state index is 13.5. The van der Waals surface area contributed by atoms with Gasteiger partial charge in [-0.25, -0.2) is 0 Å². The van der Waals surface area contributed by atoms with E-state index >= 15 is 0 Å². The molecule has 0 fully saturated rings. The number of nitrogens with one attached hydrogen (secondary N) is 1. The Morgan fingerprint density at radius 3 is 2.00 bits per heavy atom. The second kappa shape index (κ2) is 11.8. The topological polar surface area (TPSA) is 49.4 Å². The number of likely N-dealkylation sites (N-methyl/N-ethyl adjacent to an activating group) is 1. The Labute approximate surface area is 191 Å². The number of nitrogens with zero attached hydrogens (tertiary/aromatic N) is 1. The molecule has 0 aliphatic rings. The predicted octanol–water partition coefficient (Wildman–Crippen LogP) is 4.70. The Bertz CT molecular complexity index is 985. The number of benzene rings is 3. The lowest BCUT2D eigenvalue weighted by molar-refractivity contribution is -0.141. The van der Waals surface area contributed by atoms with E-state index in [9.17, 15) is 9.59 Å². The normalized spacial score (nSPS) is 11.6. The summed E-state index contributed by atoms with van der Waals surface area (Å²) in [6.45, 7) is 4.89. The fourth-order valence-corrected chi connectivity index (χ4v) is 3.78. The summed E-state index contributed by atoms with van der Waals surface area (Å²) in [5.74, 6) is -0.127. The van der Waals surface area contributed by atoms with Crippen molar-refractivity contribution in [3.63, 3.8) is 0 Å². The Balaban J connectivity index is 1.85. The zero-order chi connectivity index (χ0) is 22.8. The summed E-state index contributed by atoms with van der Waals surface area (Å²) in [7, 11) is 0. The minimum Gasteiger partial charge on any atom is -0.355 e. The maximum Gasteiger partial charge on any atom is 0.243 e. The van der Waals surface area contributed by atoms with Crippen molar-refractivity contribution in [1.29, 1.82) is 0 Å². The Morgan fingerprint density at radius 2 is 1.41 bits per heavy atom. The van der Waals surface area contributed by atoms with Gasteiger partial charge in [-0.05, 0) is 37.0 Å². The van der Waals surface area contributed by atoms with Gasteiger partial charge in [0.05, 0.1) is 0 Å². The lowest BCUT2D eigenvalue weighted by Crippen LogP contribution is -2.50. The summed E-state index contributed by atoms with van der Waals surface area (Å²) in [5.41, 5.74) is 4.37. The van der Waals surface area contributed by atoms with Crippen LogP contribution >= 0.6 is 0 Å². The first-order valence-corrected chi connectivity index (χ1v) is 11.3. The van der Waals surface area contributed by atoms with Gasteiger partial charge in [-0.3, -0.25) is 9.59 Å². The third kappa shape index (κ3) is 6.81. The molecule has 3 rings (SSSR count). The monoisotopic (exact) mass is 428 g/mol. The number of carbonyl (C=O) groups excluding carboxylic acids is 2. The molecular formula is C28H32N2O2. The quantitative estimate of drug-likeness (QED) is 0.509. The van der Waals surface area contributed by atoms with Crippen LogP contribution in [-0.2, 0) is 29.0 Å². The van der Waals surface area contributed by atoms with E-state index in [0.29, 0.717) is 32.4 Å². The van der Waals surface area contributed by atoms with E-state index in [1.54, 1.807) is 4.90 Å². The number of hydrogen-bond donors (Lipinski definition) is 1. The predicted molar refractivity (Wildman–Crippen MR) is 129 cm³/mol. The first-order chi connectivity index (χ1) is 15.6. The van der Waals surface area contributed by atoms with E-state index < -0.39 is 6.04 Å². The third-order valence-electron chi connectivity index (χ3n) is 5.57. The third-order valence-corrected chi connectivity index (χ3v) is 5.57. The summed E-state index contributed by atoms with van der Waals surface area (Å²) in [5, 5.41) is 2.93. The zero-order valence-corrected chi connectivity index (χ0v) is 19.0. The molecule has 0 radical (unpaired) electrons. The maximum atomic E-state index is 13.5. The van der Waals surface area contributed by atoms with Gasteiger partial charge >= 0.3 is 0 Å². The molecule has 0 saturated carbocycles. The van der Waals surface area contributed by atoms with E-state index in [0.717, 1.165) is 16.7 Å². The second-order valence-electron chi connectivity index (χ2n) is 8.09. The summed E-state index contributed by atoms with van der Waals surface area (Å²) < 4.78 is 0. The summed E-state index contributed by atoms with van der Waals surface area (Å²) in [4.78, 5) is 28.3. The number of carbonyl (C=O) groups is 2. The highest BCUT2D eigenvalue weighted by Crippen LogP contribution is 2.17. The minimum absolute atomic E-state index is 0.0124. The van der Waals surface area contributed by atoms with Gasteiger partial charge in [0.2, 0.25) is 11.8 Å². The van der Waals surface area contributed by atoms with Gasteiger partial charge < -0.3 is 10.2 Å². The van der Waals surface area contributed by atoms with Crippen molar-refractivity contribution in [3.05, 3.63) is 107 Å². The first kappa shape index (κ1) is 23.3. The van der Waals surface area contributed by atoms with E-state index in [4.69, 9.17) is 0 Å². The molecule has 0 aliphatic carbocycles. The highest BCUT2D eigenvalue weighted by atomic mass is 16.2. The first-order valence-electron chi connectivity index (χ1n) is 11.3. The highest BCUT2D eigenvalue weighted by molar-refractivity contribution is 5.88. The van der Waals surface area contributed by atoms with E-state index in [1.807, 2.05) is 67.6 Å². The van der Waals surface area contributed by atoms with Crippen LogP contribution in [0.4, 0.5) is 0 Å².